The predicted octanol–water partition coefficient (Wildman–Crippen LogP) is 7.23. The Kier molecular flexibility index (Phi) is 6.88. The van der Waals surface area contributed by atoms with Crippen molar-refractivity contribution >= 4 is 67.3 Å². The van der Waals surface area contributed by atoms with E-state index in [9.17, 15) is 4.79 Å². The molecular formula is C28H24N2O4S2. The van der Waals surface area contributed by atoms with Crippen molar-refractivity contribution in [1.29, 1.82) is 0 Å². The fourth-order valence-electron chi connectivity index (χ4n) is 4.05. The summed E-state index contributed by atoms with van der Waals surface area (Å²) in [4.78, 5) is 13.7. The first-order valence-electron chi connectivity index (χ1n) is 11.5. The molecule has 3 aromatic carbocycles. The lowest BCUT2D eigenvalue weighted by Crippen LogP contribution is -2.20. The van der Waals surface area contributed by atoms with Crippen LogP contribution in [0.1, 0.15) is 27.7 Å². The summed E-state index contributed by atoms with van der Waals surface area (Å²) in [6.45, 7) is 2.08. The van der Waals surface area contributed by atoms with Crippen molar-refractivity contribution < 1.29 is 18.7 Å². The van der Waals surface area contributed by atoms with E-state index in [-0.39, 0.29) is 5.97 Å². The fourth-order valence-corrected chi connectivity index (χ4v) is 5.41. The molecule has 8 heteroatoms. The minimum Gasteiger partial charge on any atom is -0.495 e. The van der Waals surface area contributed by atoms with Gasteiger partial charge in [0.2, 0.25) is 0 Å². The topological polar surface area (TPSA) is 72.7 Å². The summed E-state index contributed by atoms with van der Waals surface area (Å²) in [5, 5.41) is 9.30. The second-order valence-electron chi connectivity index (χ2n) is 8.06. The molecule has 2 heterocycles. The lowest BCUT2D eigenvalue weighted by Gasteiger charge is -2.13. The Balaban J connectivity index is 1.41. The van der Waals surface area contributed by atoms with Gasteiger partial charge < -0.3 is 24.5 Å². The molecule has 5 rings (SSSR count). The third-order valence-electron chi connectivity index (χ3n) is 5.67. The zero-order valence-corrected chi connectivity index (χ0v) is 21.4. The molecule has 36 heavy (non-hydrogen) atoms. The van der Waals surface area contributed by atoms with Crippen LogP contribution in [0.5, 0.6) is 5.75 Å². The molecule has 0 fully saturated rings. The van der Waals surface area contributed by atoms with Gasteiger partial charge in [0.15, 0.2) is 5.11 Å². The van der Waals surface area contributed by atoms with Gasteiger partial charge in [0.25, 0.3) is 0 Å². The van der Waals surface area contributed by atoms with Crippen LogP contribution in [0.15, 0.2) is 77.2 Å². The molecule has 0 aliphatic rings. The van der Waals surface area contributed by atoms with Crippen LogP contribution in [0.3, 0.4) is 0 Å². The van der Waals surface area contributed by atoms with Crippen molar-refractivity contribution in [3.63, 3.8) is 0 Å². The molecule has 0 aliphatic heterocycles. The third kappa shape index (κ3) is 4.91. The average molecular weight is 517 g/mol. The maximum absolute atomic E-state index is 12.7. The number of ether oxygens (including phenoxy) is 2. The molecule has 0 bridgehead atoms. The van der Waals surface area contributed by atoms with E-state index in [1.54, 1.807) is 14.0 Å². The number of esters is 1. The molecule has 0 aliphatic carbocycles. The lowest BCUT2D eigenvalue weighted by atomic mass is 10.1. The monoisotopic (exact) mass is 516 g/mol. The number of methoxy groups -OCH3 is 1. The molecule has 2 aromatic heterocycles. The number of thiophene rings is 1. The second kappa shape index (κ2) is 10.4. The number of rotatable bonds is 7. The van der Waals surface area contributed by atoms with Gasteiger partial charge >= 0.3 is 5.97 Å². The van der Waals surface area contributed by atoms with Crippen molar-refractivity contribution in [2.24, 2.45) is 0 Å². The summed E-state index contributed by atoms with van der Waals surface area (Å²) in [6, 6.07) is 23.6. The molecule has 0 saturated heterocycles. The largest absolute Gasteiger partial charge is 0.495 e. The zero-order valence-electron chi connectivity index (χ0n) is 19.8. The molecule has 0 spiro atoms. The Morgan fingerprint density at radius 3 is 2.53 bits per heavy atom. The number of hydrogen-bond acceptors (Lipinski definition) is 6. The van der Waals surface area contributed by atoms with E-state index >= 15 is 0 Å². The van der Waals surface area contributed by atoms with Crippen LogP contribution in [0.4, 0.5) is 10.7 Å². The highest BCUT2D eigenvalue weighted by Crippen LogP contribution is 2.37. The van der Waals surface area contributed by atoms with Crippen LogP contribution in [0.25, 0.3) is 21.9 Å². The smallest absolute Gasteiger partial charge is 0.341 e. The number of anilines is 2. The van der Waals surface area contributed by atoms with E-state index in [2.05, 4.69) is 22.8 Å². The maximum atomic E-state index is 12.7. The fraction of sp³-hybridized carbons (Fsp3) is 0.143. The Hall–Kier alpha value is -3.88. The van der Waals surface area contributed by atoms with Crippen LogP contribution in [-0.2, 0) is 11.2 Å². The number of para-hydroxylation sites is 1. The normalized spacial score (nSPS) is 10.9. The van der Waals surface area contributed by atoms with Crippen molar-refractivity contribution in [3.05, 3.63) is 88.8 Å². The minimum absolute atomic E-state index is 0.291. The number of carbonyl (C=O) groups is 1. The van der Waals surface area contributed by atoms with Crippen molar-refractivity contribution in [2.75, 3.05) is 24.4 Å². The summed E-state index contributed by atoms with van der Waals surface area (Å²) in [5.74, 6) is 0.236. The van der Waals surface area contributed by atoms with Crippen molar-refractivity contribution in [3.8, 4) is 5.75 Å². The number of fused-ring (bicyclic) bond motifs is 3. The maximum Gasteiger partial charge on any atom is 0.341 e. The first-order valence-corrected chi connectivity index (χ1v) is 12.7. The van der Waals surface area contributed by atoms with Gasteiger partial charge in [0.05, 0.1) is 25.0 Å². The lowest BCUT2D eigenvalue weighted by molar-refractivity contribution is 0.0528. The molecule has 5 aromatic rings. The van der Waals surface area contributed by atoms with E-state index < -0.39 is 0 Å². The summed E-state index contributed by atoms with van der Waals surface area (Å²) < 4.78 is 16.9. The number of carbonyl (C=O) groups excluding carboxylic acids is 1. The summed E-state index contributed by atoms with van der Waals surface area (Å²) in [5.41, 5.74) is 3.79. The van der Waals surface area contributed by atoms with Crippen LogP contribution in [-0.4, -0.2) is 24.8 Å². The quantitative estimate of drug-likeness (QED) is 0.175. The van der Waals surface area contributed by atoms with Gasteiger partial charge in [-0.05, 0) is 42.9 Å². The van der Waals surface area contributed by atoms with Crippen molar-refractivity contribution in [2.45, 2.75) is 13.3 Å². The average Bonchev–Trinajstić information content (AvgIpc) is 3.44. The van der Waals surface area contributed by atoms with Gasteiger partial charge in [-0.3, -0.25) is 0 Å². The standard InChI is InChI=1S/C28H24N2O4S2/c1-3-33-27(31)21-14-18(13-17-9-5-4-6-10-17)36-26(21)30-28(35)29-22-16-24-20(15-25(22)32-2)19-11-7-8-12-23(19)34-24/h4-12,14-16H,3,13H2,1-2H3,(H2,29,30,35). The summed E-state index contributed by atoms with van der Waals surface area (Å²) in [7, 11) is 1.61. The predicted molar refractivity (Wildman–Crippen MR) is 150 cm³/mol. The molecule has 182 valence electrons. The zero-order chi connectivity index (χ0) is 25.1. The Labute approximate surface area is 217 Å². The van der Waals surface area contributed by atoms with E-state index in [1.165, 1.54) is 11.3 Å². The third-order valence-corrected chi connectivity index (χ3v) is 6.93. The number of thiocarbonyl (C=S) groups is 1. The molecule has 0 saturated carbocycles. The molecule has 0 amide bonds. The number of benzene rings is 3. The van der Waals surface area contributed by atoms with Crippen LogP contribution >= 0.6 is 23.6 Å². The highest BCUT2D eigenvalue weighted by molar-refractivity contribution is 7.80. The van der Waals surface area contributed by atoms with Gasteiger partial charge in [-0.25, -0.2) is 4.79 Å². The highest BCUT2D eigenvalue weighted by Gasteiger charge is 2.19. The first kappa shape index (κ1) is 23.8. The van der Waals surface area contributed by atoms with Gasteiger partial charge in [-0.15, -0.1) is 11.3 Å². The van der Waals surface area contributed by atoms with E-state index in [0.29, 0.717) is 40.1 Å². The molecule has 6 nitrogen and oxygen atoms in total. The first-order chi connectivity index (χ1) is 17.6. The Morgan fingerprint density at radius 1 is 0.972 bits per heavy atom. The van der Waals surface area contributed by atoms with E-state index in [0.717, 1.165) is 32.4 Å². The van der Waals surface area contributed by atoms with Gasteiger partial charge in [0.1, 0.15) is 21.9 Å². The number of furan rings is 1. The second-order valence-corrected chi connectivity index (χ2v) is 9.61. The Morgan fingerprint density at radius 2 is 1.75 bits per heavy atom. The molecule has 2 N–H and O–H groups in total. The van der Waals surface area contributed by atoms with Gasteiger partial charge in [-0.2, -0.15) is 0 Å². The highest BCUT2D eigenvalue weighted by atomic mass is 32.1. The van der Waals surface area contributed by atoms with Gasteiger partial charge in [-0.1, -0.05) is 48.5 Å². The minimum atomic E-state index is -0.389. The van der Waals surface area contributed by atoms with E-state index in [1.807, 2.05) is 60.7 Å². The summed E-state index contributed by atoms with van der Waals surface area (Å²) >= 11 is 7.08. The Bertz CT molecular complexity index is 1560. The molecule has 0 atom stereocenters. The van der Waals surface area contributed by atoms with Crippen LogP contribution in [0, 0.1) is 0 Å². The number of hydrogen-bond donors (Lipinski definition) is 2. The van der Waals surface area contributed by atoms with Gasteiger partial charge in [0, 0.05) is 28.1 Å². The van der Waals surface area contributed by atoms with E-state index in [4.69, 9.17) is 26.1 Å². The molecule has 0 unspecified atom stereocenters. The molecule has 0 radical (unpaired) electrons. The summed E-state index contributed by atoms with van der Waals surface area (Å²) in [6.07, 6.45) is 0.705. The number of nitrogens with one attached hydrogen (secondary N) is 2. The molecular weight excluding hydrogens is 492 g/mol. The van der Waals surface area contributed by atoms with Crippen molar-refractivity contribution in [1.82, 2.24) is 0 Å². The van der Waals surface area contributed by atoms with Crippen LogP contribution < -0.4 is 15.4 Å². The van der Waals surface area contributed by atoms with Crippen LogP contribution in [0.2, 0.25) is 0 Å². The SMILES string of the molecule is CCOC(=O)c1cc(Cc2ccccc2)sc1NC(=S)Nc1cc2oc3ccccc3c2cc1OC.